The van der Waals surface area contributed by atoms with Gasteiger partial charge in [0.25, 0.3) is 0 Å². The van der Waals surface area contributed by atoms with Gasteiger partial charge in [-0.25, -0.2) is 8.78 Å². The Kier molecular flexibility index (Phi) is 4.56. The van der Waals surface area contributed by atoms with Gasteiger partial charge in [0.1, 0.15) is 11.6 Å². The van der Waals surface area contributed by atoms with Crippen molar-refractivity contribution >= 4 is 16.6 Å². The van der Waals surface area contributed by atoms with E-state index in [0.717, 1.165) is 12.1 Å². The number of nitrogens with zero attached hydrogens (tertiary/aromatic N) is 1. The van der Waals surface area contributed by atoms with E-state index >= 15 is 0 Å². The maximum Gasteiger partial charge on any atom is 0.167 e. The van der Waals surface area contributed by atoms with Crippen molar-refractivity contribution in [2.24, 2.45) is 0 Å². The van der Waals surface area contributed by atoms with Crippen LogP contribution in [0.3, 0.4) is 0 Å². The SMILES string of the molecule is CNc1cc(F)c(Oc2ccnc3cc(OC)c(OC)cc23)cc1F. The average Bonchev–Trinajstić information content (AvgIpc) is 2.63. The van der Waals surface area contributed by atoms with Crippen LogP contribution in [0.25, 0.3) is 10.9 Å². The Balaban J connectivity index is 2.09. The zero-order valence-corrected chi connectivity index (χ0v) is 13.9. The summed E-state index contributed by atoms with van der Waals surface area (Å²) in [6, 6.07) is 6.96. The number of fused-ring (bicyclic) bond motifs is 1. The predicted molar refractivity (Wildman–Crippen MR) is 90.8 cm³/mol. The lowest BCUT2D eigenvalue weighted by Crippen LogP contribution is -1.97. The first kappa shape index (κ1) is 16.8. The van der Waals surface area contributed by atoms with E-state index in [2.05, 4.69) is 10.3 Å². The summed E-state index contributed by atoms with van der Waals surface area (Å²) in [5, 5.41) is 3.15. The molecule has 0 saturated carbocycles. The third kappa shape index (κ3) is 3.13. The highest BCUT2D eigenvalue weighted by Gasteiger charge is 2.15. The summed E-state index contributed by atoms with van der Waals surface area (Å²) in [6.07, 6.45) is 1.51. The first-order valence-corrected chi connectivity index (χ1v) is 7.42. The molecule has 0 fully saturated rings. The van der Waals surface area contributed by atoms with Gasteiger partial charge in [0.2, 0.25) is 0 Å². The van der Waals surface area contributed by atoms with E-state index in [1.807, 2.05) is 0 Å². The molecule has 0 atom stereocenters. The van der Waals surface area contributed by atoms with Crippen LogP contribution in [0.1, 0.15) is 0 Å². The minimum atomic E-state index is -0.684. The van der Waals surface area contributed by atoms with Crippen molar-refractivity contribution in [3.63, 3.8) is 0 Å². The summed E-state index contributed by atoms with van der Waals surface area (Å²) >= 11 is 0. The van der Waals surface area contributed by atoms with Crippen LogP contribution in [0.2, 0.25) is 0 Å². The number of anilines is 1. The summed E-state index contributed by atoms with van der Waals surface area (Å²) in [6.45, 7) is 0. The third-order valence-electron chi connectivity index (χ3n) is 3.72. The van der Waals surface area contributed by atoms with E-state index in [1.54, 1.807) is 18.2 Å². The molecule has 0 spiro atoms. The number of pyridine rings is 1. The van der Waals surface area contributed by atoms with Crippen LogP contribution >= 0.6 is 0 Å². The lowest BCUT2D eigenvalue weighted by molar-refractivity contribution is 0.355. The molecule has 0 aliphatic rings. The fourth-order valence-electron chi connectivity index (χ4n) is 2.45. The molecule has 0 unspecified atom stereocenters. The number of hydrogen-bond acceptors (Lipinski definition) is 5. The molecule has 130 valence electrons. The Bertz CT molecular complexity index is 932. The molecule has 5 nitrogen and oxygen atoms in total. The number of methoxy groups -OCH3 is 2. The summed E-state index contributed by atoms with van der Waals surface area (Å²) in [4.78, 5) is 4.24. The highest BCUT2D eigenvalue weighted by molar-refractivity contribution is 5.88. The summed E-state index contributed by atoms with van der Waals surface area (Å²) in [7, 11) is 4.53. The predicted octanol–water partition coefficient (Wildman–Crippen LogP) is 4.36. The van der Waals surface area contributed by atoms with Crippen LogP contribution < -0.4 is 19.5 Å². The van der Waals surface area contributed by atoms with Crippen molar-refractivity contribution in [1.29, 1.82) is 0 Å². The Morgan fingerprint density at radius 3 is 2.28 bits per heavy atom. The van der Waals surface area contributed by atoms with Gasteiger partial charge in [-0.05, 0) is 12.1 Å². The van der Waals surface area contributed by atoms with Crippen LogP contribution in [0, 0.1) is 11.6 Å². The molecule has 0 aliphatic carbocycles. The molecule has 0 bridgehead atoms. The van der Waals surface area contributed by atoms with E-state index in [1.165, 1.54) is 27.5 Å². The zero-order chi connectivity index (χ0) is 18.0. The fraction of sp³-hybridized carbons (Fsp3) is 0.167. The molecule has 0 saturated heterocycles. The molecular formula is C18H16F2N2O3. The first-order chi connectivity index (χ1) is 12.1. The number of rotatable bonds is 5. The summed E-state index contributed by atoms with van der Waals surface area (Å²) < 4.78 is 44.2. The number of hydrogen-bond donors (Lipinski definition) is 1. The van der Waals surface area contributed by atoms with E-state index in [4.69, 9.17) is 14.2 Å². The number of ether oxygens (including phenoxy) is 3. The number of nitrogens with one attached hydrogen (secondary N) is 1. The topological polar surface area (TPSA) is 52.6 Å². The smallest absolute Gasteiger partial charge is 0.167 e. The number of aromatic nitrogens is 1. The molecule has 3 aromatic rings. The van der Waals surface area contributed by atoms with Gasteiger partial charge in [-0.3, -0.25) is 4.98 Å². The largest absolute Gasteiger partial charge is 0.493 e. The van der Waals surface area contributed by atoms with Gasteiger partial charge in [0, 0.05) is 36.8 Å². The number of halogens is 2. The summed E-state index contributed by atoms with van der Waals surface area (Å²) in [5.74, 6) is -0.215. The Hall–Kier alpha value is -3.09. The second kappa shape index (κ2) is 6.80. The van der Waals surface area contributed by atoms with Crippen LogP contribution in [0.15, 0.2) is 36.5 Å². The van der Waals surface area contributed by atoms with E-state index in [9.17, 15) is 8.78 Å². The van der Waals surface area contributed by atoms with Crippen LogP contribution in [0.5, 0.6) is 23.0 Å². The lowest BCUT2D eigenvalue weighted by atomic mass is 10.1. The molecule has 7 heteroatoms. The second-order valence-electron chi connectivity index (χ2n) is 5.15. The Morgan fingerprint density at radius 2 is 1.60 bits per heavy atom. The highest BCUT2D eigenvalue weighted by atomic mass is 19.1. The maximum atomic E-state index is 14.2. The zero-order valence-electron chi connectivity index (χ0n) is 13.9. The maximum absolute atomic E-state index is 14.2. The molecule has 0 aliphatic heterocycles. The molecule has 0 radical (unpaired) electrons. The minimum absolute atomic E-state index is 0.0517. The van der Waals surface area contributed by atoms with Gasteiger partial charge < -0.3 is 19.5 Å². The molecule has 2 aromatic carbocycles. The van der Waals surface area contributed by atoms with Crippen molar-refractivity contribution < 1.29 is 23.0 Å². The standard InChI is InChI=1S/C18H16F2N2O3/c1-21-14-7-12(20)16(8-11(14)19)25-15-4-5-22-13-9-18(24-3)17(23-2)6-10(13)15/h4-9,21H,1-3H3. The molecule has 0 amide bonds. The van der Waals surface area contributed by atoms with Crippen molar-refractivity contribution in [2.75, 3.05) is 26.6 Å². The van der Waals surface area contributed by atoms with Gasteiger partial charge >= 0.3 is 0 Å². The number of benzene rings is 2. The monoisotopic (exact) mass is 346 g/mol. The second-order valence-corrected chi connectivity index (χ2v) is 5.15. The van der Waals surface area contributed by atoms with E-state index < -0.39 is 11.6 Å². The lowest BCUT2D eigenvalue weighted by Gasteiger charge is -2.13. The van der Waals surface area contributed by atoms with E-state index in [-0.39, 0.29) is 11.4 Å². The summed E-state index contributed by atoms with van der Waals surface area (Å²) in [5.41, 5.74) is 0.624. The fourth-order valence-corrected chi connectivity index (χ4v) is 2.45. The van der Waals surface area contributed by atoms with Gasteiger partial charge in [-0.2, -0.15) is 0 Å². The van der Waals surface area contributed by atoms with Crippen LogP contribution in [-0.4, -0.2) is 26.3 Å². The van der Waals surface area contributed by atoms with Crippen LogP contribution in [0.4, 0.5) is 14.5 Å². The van der Waals surface area contributed by atoms with E-state index in [0.29, 0.717) is 28.2 Å². The van der Waals surface area contributed by atoms with Crippen molar-refractivity contribution in [2.45, 2.75) is 0 Å². The van der Waals surface area contributed by atoms with Gasteiger partial charge in [0.05, 0.1) is 25.4 Å². The van der Waals surface area contributed by atoms with Gasteiger partial charge in [-0.1, -0.05) is 0 Å². The molecular weight excluding hydrogens is 330 g/mol. The van der Waals surface area contributed by atoms with Gasteiger partial charge in [0.15, 0.2) is 23.1 Å². The third-order valence-corrected chi connectivity index (χ3v) is 3.72. The Labute approximate surface area is 143 Å². The molecule has 25 heavy (non-hydrogen) atoms. The molecule has 1 aromatic heterocycles. The van der Waals surface area contributed by atoms with Gasteiger partial charge in [-0.15, -0.1) is 0 Å². The normalized spacial score (nSPS) is 10.6. The quantitative estimate of drug-likeness (QED) is 0.744. The molecule has 1 N–H and O–H groups in total. The van der Waals surface area contributed by atoms with Crippen LogP contribution in [-0.2, 0) is 0 Å². The molecule has 1 heterocycles. The molecule has 3 rings (SSSR count). The van der Waals surface area contributed by atoms with Crippen molar-refractivity contribution in [3.8, 4) is 23.0 Å². The first-order valence-electron chi connectivity index (χ1n) is 7.42. The average molecular weight is 346 g/mol. The Morgan fingerprint density at radius 1 is 0.880 bits per heavy atom. The van der Waals surface area contributed by atoms with Crippen molar-refractivity contribution in [1.82, 2.24) is 4.98 Å². The minimum Gasteiger partial charge on any atom is -0.493 e. The highest BCUT2D eigenvalue weighted by Crippen LogP contribution is 2.37. The van der Waals surface area contributed by atoms with Crippen molar-refractivity contribution in [3.05, 3.63) is 48.2 Å².